The molecule has 0 N–H and O–H groups in total. The highest BCUT2D eigenvalue weighted by Crippen LogP contribution is 2.41. The van der Waals surface area contributed by atoms with Gasteiger partial charge in [0.2, 0.25) is 0 Å². The van der Waals surface area contributed by atoms with Crippen LogP contribution in [-0.4, -0.2) is 39.5 Å². The molecule has 18 heavy (non-hydrogen) atoms. The third-order valence-corrected chi connectivity index (χ3v) is 4.97. The number of carbonyl (C=O) groups is 1. The summed E-state index contributed by atoms with van der Waals surface area (Å²) in [5, 5.41) is 0. The second-order valence-corrected chi connectivity index (χ2v) is 6.08. The summed E-state index contributed by atoms with van der Waals surface area (Å²) < 4.78 is 5.93. The molecule has 5 heteroatoms. The van der Waals surface area contributed by atoms with Crippen molar-refractivity contribution in [2.24, 2.45) is 5.92 Å². The van der Waals surface area contributed by atoms with Gasteiger partial charge in [-0.1, -0.05) is 0 Å². The average molecular weight is 264 g/mol. The van der Waals surface area contributed by atoms with E-state index in [1.807, 2.05) is 11.8 Å². The molecule has 1 spiro atoms. The SMILES string of the molecule is O=C(c1cnccn1)C1CCOC2(CCSC2)C1. The van der Waals surface area contributed by atoms with E-state index in [4.69, 9.17) is 4.74 Å². The summed E-state index contributed by atoms with van der Waals surface area (Å²) in [4.78, 5) is 20.5. The Morgan fingerprint density at radius 2 is 2.44 bits per heavy atom. The molecule has 2 aliphatic heterocycles. The van der Waals surface area contributed by atoms with Gasteiger partial charge < -0.3 is 4.74 Å². The number of ether oxygens (including phenoxy) is 1. The summed E-state index contributed by atoms with van der Waals surface area (Å²) in [5.41, 5.74) is 0.441. The standard InChI is InChI=1S/C13H16N2O2S/c16-12(11-8-14-3-4-15-11)10-1-5-17-13(7-10)2-6-18-9-13/h3-4,8,10H,1-2,5-7,9H2. The van der Waals surface area contributed by atoms with Crippen LogP contribution in [0.2, 0.25) is 0 Å². The molecule has 1 aromatic rings. The number of carbonyl (C=O) groups excluding carboxylic acids is 1. The number of ketones is 1. The number of thioether (sulfide) groups is 1. The Kier molecular flexibility index (Phi) is 3.35. The maximum Gasteiger partial charge on any atom is 0.186 e. The number of aromatic nitrogens is 2. The lowest BCUT2D eigenvalue weighted by molar-refractivity contribution is -0.0735. The molecule has 0 bridgehead atoms. The van der Waals surface area contributed by atoms with Crippen LogP contribution in [-0.2, 0) is 4.74 Å². The molecule has 0 amide bonds. The Hall–Kier alpha value is -0.940. The summed E-state index contributed by atoms with van der Waals surface area (Å²) in [6.45, 7) is 0.692. The molecule has 2 fully saturated rings. The fourth-order valence-electron chi connectivity index (χ4n) is 2.75. The van der Waals surface area contributed by atoms with E-state index in [2.05, 4.69) is 9.97 Å². The summed E-state index contributed by atoms with van der Waals surface area (Å²) in [7, 11) is 0. The molecule has 0 saturated carbocycles. The number of hydrogen-bond donors (Lipinski definition) is 0. The molecular formula is C13H16N2O2S. The van der Waals surface area contributed by atoms with Gasteiger partial charge in [-0.25, -0.2) is 4.98 Å². The molecule has 3 heterocycles. The highest BCUT2D eigenvalue weighted by atomic mass is 32.2. The van der Waals surface area contributed by atoms with E-state index < -0.39 is 0 Å². The van der Waals surface area contributed by atoms with Crippen LogP contribution in [0.25, 0.3) is 0 Å². The van der Waals surface area contributed by atoms with Gasteiger partial charge in [-0.05, 0) is 25.0 Å². The predicted molar refractivity (Wildman–Crippen MR) is 69.7 cm³/mol. The Balaban J connectivity index is 1.74. The van der Waals surface area contributed by atoms with Crippen LogP contribution in [0.1, 0.15) is 29.8 Å². The predicted octanol–water partition coefficient (Wildman–Crippen LogP) is 1.96. The lowest BCUT2D eigenvalue weighted by Crippen LogP contribution is -2.42. The van der Waals surface area contributed by atoms with E-state index in [-0.39, 0.29) is 17.3 Å². The van der Waals surface area contributed by atoms with E-state index in [0.717, 1.165) is 30.8 Å². The second kappa shape index (κ2) is 4.97. The number of Topliss-reactive ketones (excluding diaryl/α,β-unsaturated/α-hetero) is 1. The third-order valence-electron chi connectivity index (χ3n) is 3.75. The number of rotatable bonds is 2. The Bertz CT molecular complexity index is 432. The van der Waals surface area contributed by atoms with Gasteiger partial charge in [0.1, 0.15) is 5.69 Å². The van der Waals surface area contributed by atoms with E-state index in [9.17, 15) is 4.79 Å². The van der Waals surface area contributed by atoms with Crippen molar-refractivity contribution in [3.05, 3.63) is 24.3 Å². The van der Waals surface area contributed by atoms with Crippen LogP contribution in [0.5, 0.6) is 0 Å². The molecule has 2 aliphatic rings. The number of nitrogens with zero attached hydrogens (tertiary/aromatic N) is 2. The van der Waals surface area contributed by atoms with E-state index in [1.165, 1.54) is 0 Å². The monoisotopic (exact) mass is 264 g/mol. The molecule has 2 atom stereocenters. The van der Waals surface area contributed by atoms with Gasteiger partial charge in [0, 0.05) is 30.7 Å². The van der Waals surface area contributed by atoms with Gasteiger partial charge in [0.25, 0.3) is 0 Å². The van der Waals surface area contributed by atoms with Crippen LogP contribution >= 0.6 is 11.8 Å². The van der Waals surface area contributed by atoms with E-state index >= 15 is 0 Å². The lowest BCUT2D eigenvalue weighted by atomic mass is 9.82. The lowest BCUT2D eigenvalue weighted by Gasteiger charge is -2.36. The first-order chi connectivity index (χ1) is 8.79. The highest BCUT2D eigenvalue weighted by Gasteiger charge is 2.42. The minimum absolute atomic E-state index is 0.0501. The normalized spacial score (nSPS) is 31.7. The molecular weight excluding hydrogens is 248 g/mol. The van der Waals surface area contributed by atoms with Crippen molar-refractivity contribution >= 4 is 17.5 Å². The van der Waals surface area contributed by atoms with Gasteiger partial charge in [-0.15, -0.1) is 0 Å². The van der Waals surface area contributed by atoms with Gasteiger partial charge in [0.05, 0.1) is 11.8 Å². The third kappa shape index (κ3) is 2.29. The van der Waals surface area contributed by atoms with Crippen molar-refractivity contribution in [1.29, 1.82) is 0 Å². The van der Waals surface area contributed by atoms with Crippen LogP contribution in [0.3, 0.4) is 0 Å². The maximum atomic E-state index is 12.4. The fraction of sp³-hybridized carbons (Fsp3) is 0.615. The van der Waals surface area contributed by atoms with Crippen molar-refractivity contribution in [2.75, 3.05) is 18.1 Å². The van der Waals surface area contributed by atoms with E-state index in [1.54, 1.807) is 18.6 Å². The molecule has 0 aliphatic carbocycles. The molecule has 3 rings (SSSR count). The largest absolute Gasteiger partial charge is 0.374 e. The summed E-state index contributed by atoms with van der Waals surface area (Å²) in [6.07, 6.45) is 7.45. The number of hydrogen-bond acceptors (Lipinski definition) is 5. The molecule has 0 aromatic carbocycles. The summed E-state index contributed by atoms with van der Waals surface area (Å²) in [6, 6.07) is 0. The van der Waals surface area contributed by atoms with Gasteiger partial charge in [-0.3, -0.25) is 9.78 Å². The van der Waals surface area contributed by atoms with Crippen molar-refractivity contribution in [3.8, 4) is 0 Å². The topological polar surface area (TPSA) is 52.1 Å². The quantitative estimate of drug-likeness (QED) is 0.764. The molecule has 1 aromatic heterocycles. The maximum absolute atomic E-state index is 12.4. The molecule has 4 nitrogen and oxygen atoms in total. The molecule has 0 radical (unpaired) electrons. The van der Waals surface area contributed by atoms with Crippen LogP contribution in [0, 0.1) is 5.92 Å². The van der Waals surface area contributed by atoms with Crippen molar-refractivity contribution in [1.82, 2.24) is 9.97 Å². The van der Waals surface area contributed by atoms with Crippen molar-refractivity contribution in [3.63, 3.8) is 0 Å². The van der Waals surface area contributed by atoms with Crippen LogP contribution < -0.4 is 0 Å². The Morgan fingerprint density at radius 3 is 3.17 bits per heavy atom. The zero-order valence-electron chi connectivity index (χ0n) is 10.2. The minimum Gasteiger partial charge on any atom is -0.374 e. The first-order valence-corrected chi connectivity index (χ1v) is 7.47. The van der Waals surface area contributed by atoms with Crippen molar-refractivity contribution < 1.29 is 9.53 Å². The molecule has 2 unspecified atom stereocenters. The van der Waals surface area contributed by atoms with E-state index in [0.29, 0.717) is 12.3 Å². The first-order valence-electron chi connectivity index (χ1n) is 6.31. The van der Waals surface area contributed by atoms with Crippen LogP contribution in [0.4, 0.5) is 0 Å². The molecule has 96 valence electrons. The Labute approximate surface area is 111 Å². The fourth-order valence-corrected chi connectivity index (χ4v) is 4.13. The van der Waals surface area contributed by atoms with Crippen LogP contribution in [0.15, 0.2) is 18.6 Å². The summed E-state index contributed by atoms with van der Waals surface area (Å²) >= 11 is 1.92. The zero-order valence-corrected chi connectivity index (χ0v) is 11.0. The Morgan fingerprint density at radius 1 is 1.50 bits per heavy atom. The summed E-state index contributed by atoms with van der Waals surface area (Å²) in [5.74, 6) is 2.35. The minimum atomic E-state index is -0.0501. The smallest absolute Gasteiger partial charge is 0.186 e. The molecule has 2 saturated heterocycles. The van der Waals surface area contributed by atoms with Gasteiger partial charge in [-0.2, -0.15) is 11.8 Å². The highest BCUT2D eigenvalue weighted by molar-refractivity contribution is 7.99. The van der Waals surface area contributed by atoms with Gasteiger partial charge in [0.15, 0.2) is 5.78 Å². The van der Waals surface area contributed by atoms with Gasteiger partial charge >= 0.3 is 0 Å². The zero-order chi connectivity index (χ0) is 12.4. The second-order valence-electron chi connectivity index (χ2n) is 4.98. The average Bonchev–Trinajstić information content (AvgIpc) is 2.87. The first kappa shape index (κ1) is 12.1. The van der Waals surface area contributed by atoms with Crippen molar-refractivity contribution in [2.45, 2.75) is 24.9 Å².